The Balaban J connectivity index is 1.60. The molecule has 3 fully saturated rings. The van der Waals surface area contributed by atoms with Gasteiger partial charge in [-0.25, -0.2) is 0 Å². The monoisotopic (exact) mass is 237 g/mol. The molecule has 17 heavy (non-hydrogen) atoms. The summed E-state index contributed by atoms with van der Waals surface area (Å²) >= 11 is 0. The van der Waals surface area contributed by atoms with Crippen molar-refractivity contribution in [2.45, 2.75) is 57.7 Å². The Labute approximate surface area is 104 Å². The van der Waals surface area contributed by atoms with Crippen LogP contribution in [-0.2, 0) is 9.53 Å². The first-order valence-electron chi connectivity index (χ1n) is 7.18. The van der Waals surface area contributed by atoms with Gasteiger partial charge >= 0.3 is 0 Å². The molecule has 0 unspecified atom stereocenters. The van der Waals surface area contributed by atoms with E-state index in [1.54, 1.807) is 0 Å². The van der Waals surface area contributed by atoms with Crippen LogP contribution < -0.4 is 0 Å². The summed E-state index contributed by atoms with van der Waals surface area (Å²) in [5.74, 6) is 1.37. The van der Waals surface area contributed by atoms with Crippen LogP contribution in [0.5, 0.6) is 0 Å². The Morgan fingerprint density at radius 3 is 2.76 bits per heavy atom. The first-order valence-corrected chi connectivity index (χ1v) is 7.18. The van der Waals surface area contributed by atoms with Crippen molar-refractivity contribution < 1.29 is 9.53 Å². The second kappa shape index (κ2) is 4.60. The molecule has 3 heteroatoms. The summed E-state index contributed by atoms with van der Waals surface area (Å²) in [7, 11) is 0. The molecule has 0 N–H and O–H groups in total. The summed E-state index contributed by atoms with van der Waals surface area (Å²) in [5.41, 5.74) is 0. The molecular formula is C14H23NO2. The lowest BCUT2D eigenvalue weighted by molar-refractivity contribution is -0.138. The van der Waals surface area contributed by atoms with Gasteiger partial charge in [-0.15, -0.1) is 0 Å². The third-order valence-corrected chi connectivity index (χ3v) is 4.72. The van der Waals surface area contributed by atoms with Crippen LogP contribution in [0.1, 0.15) is 45.4 Å². The normalized spacial score (nSPS) is 38.4. The molecule has 0 aromatic heterocycles. The average molecular weight is 237 g/mol. The van der Waals surface area contributed by atoms with Crippen LogP contribution >= 0.6 is 0 Å². The van der Waals surface area contributed by atoms with Crippen LogP contribution in [0.15, 0.2) is 0 Å². The molecule has 1 aliphatic carbocycles. The fraction of sp³-hybridized carbons (Fsp3) is 0.929. The molecule has 1 saturated carbocycles. The van der Waals surface area contributed by atoms with Crippen LogP contribution in [0.25, 0.3) is 0 Å². The Morgan fingerprint density at radius 2 is 2.00 bits per heavy atom. The number of amides is 1. The summed E-state index contributed by atoms with van der Waals surface area (Å²) < 4.78 is 5.88. The van der Waals surface area contributed by atoms with Crippen LogP contribution in [0.3, 0.4) is 0 Å². The second-order valence-electron chi connectivity index (χ2n) is 6.04. The number of carbonyl (C=O) groups excluding carboxylic acids is 1. The van der Waals surface area contributed by atoms with Crippen molar-refractivity contribution >= 4 is 5.91 Å². The maximum absolute atomic E-state index is 12.4. The zero-order valence-electron chi connectivity index (χ0n) is 10.7. The average Bonchev–Trinajstić information content (AvgIpc) is 2.94. The third kappa shape index (κ3) is 2.22. The number of piperidine rings is 1. The fourth-order valence-electron chi connectivity index (χ4n) is 3.83. The largest absolute Gasteiger partial charge is 0.375 e. The van der Waals surface area contributed by atoms with E-state index in [9.17, 15) is 4.79 Å². The van der Waals surface area contributed by atoms with Crippen molar-refractivity contribution in [2.75, 3.05) is 13.1 Å². The quantitative estimate of drug-likeness (QED) is 0.699. The molecule has 2 aliphatic heterocycles. The maximum atomic E-state index is 12.4. The van der Waals surface area contributed by atoms with E-state index in [1.165, 1.54) is 12.8 Å². The standard InChI is InChI=1S/C14H23NO2/c1-10-8-12-9-15(7-6-13(12)17-10)14(16)11-4-2-3-5-11/h10-13H,2-9H2,1H3/t10-,12-,13-/m0/s1. The van der Waals surface area contributed by atoms with E-state index < -0.39 is 0 Å². The Kier molecular flexibility index (Phi) is 3.12. The van der Waals surface area contributed by atoms with Gasteiger partial charge in [0.25, 0.3) is 0 Å². The SMILES string of the molecule is C[C@H]1C[C@H]2CN(C(=O)C3CCCC3)CC[C@@H]2O1. The Morgan fingerprint density at radius 1 is 1.24 bits per heavy atom. The van der Waals surface area contributed by atoms with Gasteiger partial charge in [0, 0.05) is 24.9 Å². The second-order valence-corrected chi connectivity index (χ2v) is 6.04. The van der Waals surface area contributed by atoms with Crippen molar-refractivity contribution in [3.63, 3.8) is 0 Å². The van der Waals surface area contributed by atoms with E-state index >= 15 is 0 Å². The predicted octanol–water partition coefficient (Wildman–Crippen LogP) is 2.20. The lowest BCUT2D eigenvalue weighted by Gasteiger charge is -2.35. The molecule has 3 atom stereocenters. The highest BCUT2D eigenvalue weighted by Crippen LogP contribution is 2.34. The van der Waals surface area contributed by atoms with E-state index in [4.69, 9.17) is 4.74 Å². The van der Waals surface area contributed by atoms with Crippen molar-refractivity contribution in [3.05, 3.63) is 0 Å². The minimum absolute atomic E-state index is 0.339. The van der Waals surface area contributed by atoms with Crippen LogP contribution in [-0.4, -0.2) is 36.1 Å². The number of likely N-dealkylation sites (tertiary alicyclic amines) is 1. The minimum Gasteiger partial charge on any atom is -0.375 e. The molecule has 3 nitrogen and oxygen atoms in total. The van der Waals surface area contributed by atoms with Gasteiger partial charge in [-0.3, -0.25) is 4.79 Å². The summed E-state index contributed by atoms with van der Waals surface area (Å²) in [6, 6.07) is 0. The molecule has 3 rings (SSSR count). The minimum atomic E-state index is 0.339. The highest BCUT2D eigenvalue weighted by molar-refractivity contribution is 5.79. The number of hydrogen-bond donors (Lipinski definition) is 0. The van der Waals surface area contributed by atoms with Crippen molar-refractivity contribution in [3.8, 4) is 0 Å². The van der Waals surface area contributed by atoms with Gasteiger partial charge in [0.2, 0.25) is 5.91 Å². The van der Waals surface area contributed by atoms with E-state index in [0.717, 1.165) is 38.8 Å². The van der Waals surface area contributed by atoms with Gasteiger partial charge in [-0.2, -0.15) is 0 Å². The lowest BCUT2D eigenvalue weighted by atomic mass is 9.92. The molecule has 0 bridgehead atoms. The summed E-state index contributed by atoms with van der Waals surface area (Å²) in [5, 5.41) is 0. The van der Waals surface area contributed by atoms with Crippen molar-refractivity contribution in [1.29, 1.82) is 0 Å². The summed E-state index contributed by atoms with van der Waals surface area (Å²) in [6.45, 7) is 4.02. The van der Waals surface area contributed by atoms with Crippen LogP contribution in [0.4, 0.5) is 0 Å². The van der Waals surface area contributed by atoms with Gasteiger partial charge in [-0.05, 0) is 32.6 Å². The van der Waals surface area contributed by atoms with Gasteiger partial charge in [0.1, 0.15) is 0 Å². The van der Waals surface area contributed by atoms with Gasteiger partial charge in [0.05, 0.1) is 12.2 Å². The molecule has 0 spiro atoms. The van der Waals surface area contributed by atoms with E-state index in [1.807, 2.05) is 0 Å². The molecule has 2 heterocycles. The van der Waals surface area contributed by atoms with E-state index in [2.05, 4.69) is 11.8 Å². The summed E-state index contributed by atoms with van der Waals surface area (Å²) in [6.07, 6.45) is 7.75. The number of hydrogen-bond acceptors (Lipinski definition) is 2. The first kappa shape index (κ1) is 11.5. The highest BCUT2D eigenvalue weighted by atomic mass is 16.5. The molecule has 96 valence electrons. The zero-order chi connectivity index (χ0) is 11.8. The number of fused-ring (bicyclic) bond motifs is 1. The Bertz CT molecular complexity index is 299. The molecule has 0 aromatic carbocycles. The first-order chi connectivity index (χ1) is 8.24. The molecule has 3 aliphatic rings. The van der Waals surface area contributed by atoms with Crippen LogP contribution in [0.2, 0.25) is 0 Å². The number of nitrogens with zero attached hydrogens (tertiary/aromatic N) is 1. The van der Waals surface area contributed by atoms with Crippen molar-refractivity contribution in [2.24, 2.45) is 11.8 Å². The molecule has 1 amide bonds. The zero-order valence-corrected chi connectivity index (χ0v) is 10.7. The molecule has 0 aromatic rings. The lowest BCUT2D eigenvalue weighted by Crippen LogP contribution is -2.46. The fourth-order valence-corrected chi connectivity index (χ4v) is 3.83. The van der Waals surface area contributed by atoms with Crippen molar-refractivity contribution in [1.82, 2.24) is 4.90 Å². The molecule has 0 radical (unpaired) electrons. The van der Waals surface area contributed by atoms with E-state index in [-0.39, 0.29) is 0 Å². The summed E-state index contributed by atoms with van der Waals surface area (Å²) in [4.78, 5) is 14.5. The van der Waals surface area contributed by atoms with Gasteiger partial charge < -0.3 is 9.64 Å². The number of carbonyl (C=O) groups is 1. The maximum Gasteiger partial charge on any atom is 0.225 e. The number of rotatable bonds is 1. The topological polar surface area (TPSA) is 29.5 Å². The molecule has 2 saturated heterocycles. The highest BCUT2D eigenvalue weighted by Gasteiger charge is 2.39. The van der Waals surface area contributed by atoms with E-state index in [0.29, 0.717) is 30.0 Å². The number of ether oxygens (including phenoxy) is 1. The Hall–Kier alpha value is -0.570. The predicted molar refractivity (Wildman–Crippen MR) is 65.6 cm³/mol. The van der Waals surface area contributed by atoms with Crippen LogP contribution in [0, 0.1) is 11.8 Å². The van der Waals surface area contributed by atoms with Gasteiger partial charge in [-0.1, -0.05) is 12.8 Å². The van der Waals surface area contributed by atoms with Gasteiger partial charge in [0.15, 0.2) is 0 Å². The molecular weight excluding hydrogens is 214 g/mol. The smallest absolute Gasteiger partial charge is 0.225 e. The third-order valence-electron chi connectivity index (χ3n) is 4.72.